The minimum atomic E-state index is 0.898. The molecule has 0 bridgehead atoms. The van der Waals surface area contributed by atoms with Gasteiger partial charge in [-0.25, -0.2) is 0 Å². The maximum atomic E-state index is 6.54. The van der Waals surface area contributed by atoms with E-state index in [1.807, 2.05) is 0 Å². The fourth-order valence-electron chi connectivity index (χ4n) is 8.54. The summed E-state index contributed by atoms with van der Waals surface area (Å²) in [6.07, 6.45) is 0. The highest BCUT2D eigenvalue weighted by Gasteiger charge is 2.19. The van der Waals surface area contributed by atoms with E-state index in [0.29, 0.717) is 0 Å². The highest BCUT2D eigenvalue weighted by atomic mass is 16.3. The summed E-state index contributed by atoms with van der Waals surface area (Å²) < 4.78 is 6.54. The van der Waals surface area contributed by atoms with E-state index in [0.717, 1.165) is 55.5 Å². The van der Waals surface area contributed by atoms with E-state index in [-0.39, 0.29) is 0 Å². The quantitative estimate of drug-likeness (QED) is 0.160. The lowest BCUT2D eigenvalue weighted by Crippen LogP contribution is -2.11. The molecule has 56 heavy (non-hydrogen) atoms. The van der Waals surface area contributed by atoms with Gasteiger partial charge in [-0.15, -0.1) is 0 Å². The maximum absolute atomic E-state index is 6.54. The SMILES string of the molecule is c1ccc(-c2ccc(N(c3ccc(-c4cccc5oc6c7ccccc7ccc6c45)cc3)c3ccccc3-c3ccc4c(ccc5ccccc54)c3)cc2)cc1. The topological polar surface area (TPSA) is 16.4 Å². The van der Waals surface area contributed by atoms with Crippen LogP contribution in [0, 0.1) is 0 Å². The molecule has 0 fully saturated rings. The predicted molar refractivity (Wildman–Crippen MR) is 237 cm³/mol. The Morgan fingerprint density at radius 2 is 0.875 bits per heavy atom. The van der Waals surface area contributed by atoms with Gasteiger partial charge in [0.1, 0.15) is 11.2 Å². The lowest BCUT2D eigenvalue weighted by atomic mass is 9.95. The molecule has 0 unspecified atom stereocenters. The van der Waals surface area contributed by atoms with Gasteiger partial charge in [0, 0.05) is 33.1 Å². The molecule has 0 aliphatic carbocycles. The minimum absolute atomic E-state index is 0.898. The number of benzene rings is 10. The highest BCUT2D eigenvalue weighted by molar-refractivity contribution is 6.19. The summed E-state index contributed by atoms with van der Waals surface area (Å²) in [7, 11) is 0. The Balaban J connectivity index is 1.05. The van der Waals surface area contributed by atoms with Gasteiger partial charge in [0.2, 0.25) is 0 Å². The average molecular weight is 714 g/mol. The fraction of sp³-hybridized carbons (Fsp3) is 0. The maximum Gasteiger partial charge on any atom is 0.143 e. The number of fused-ring (bicyclic) bond motifs is 8. The molecule has 0 amide bonds. The summed E-state index contributed by atoms with van der Waals surface area (Å²) in [4.78, 5) is 2.39. The van der Waals surface area contributed by atoms with Gasteiger partial charge in [-0.05, 0) is 103 Å². The summed E-state index contributed by atoms with van der Waals surface area (Å²) in [5.41, 5.74) is 12.2. The molecule has 1 heterocycles. The van der Waals surface area contributed by atoms with Gasteiger partial charge in [0.15, 0.2) is 0 Å². The van der Waals surface area contributed by atoms with Crippen molar-refractivity contribution < 1.29 is 4.42 Å². The molecular weight excluding hydrogens is 679 g/mol. The van der Waals surface area contributed by atoms with E-state index in [2.05, 4.69) is 217 Å². The van der Waals surface area contributed by atoms with E-state index >= 15 is 0 Å². The number of furan rings is 1. The van der Waals surface area contributed by atoms with Crippen molar-refractivity contribution in [3.05, 3.63) is 212 Å². The monoisotopic (exact) mass is 713 g/mol. The number of rotatable bonds is 6. The molecule has 0 saturated carbocycles. The van der Waals surface area contributed by atoms with E-state index in [1.54, 1.807) is 0 Å². The van der Waals surface area contributed by atoms with Crippen LogP contribution in [0.25, 0.3) is 87.6 Å². The normalized spacial score (nSPS) is 11.6. The minimum Gasteiger partial charge on any atom is -0.455 e. The Labute approximate surface area is 325 Å². The number of nitrogens with zero attached hydrogens (tertiary/aromatic N) is 1. The first kappa shape index (κ1) is 32.0. The van der Waals surface area contributed by atoms with Crippen molar-refractivity contribution in [1.29, 1.82) is 0 Å². The van der Waals surface area contributed by atoms with Gasteiger partial charge in [-0.1, -0.05) is 164 Å². The molecule has 0 saturated heterocycles. The number of para-hydroxylation sites is 1. The summed E-state index contributed by atoms with van der Waals surface area (Å²) >= 11 is 0. The Morgan fingerprint density at radius 3 is 1.68 bits per heavy atom. The second-order valence-electron chi connectivity index (χ2n) is 14.5. The van der Waals surface area contributed by atoms with Crippen molar-refractivity contribution in [2.45, 2.75) is 0 Å². The molecule has 10 aromatic carbocycles. The molecule has 2 nitrogen and oxygen atoms in total. The van der Waals surface area contributed by atoms with Crippen LogP contribution in [0.3, 0.4) is 0 Å². The zero-order valence-corrected chi connectivity index (χ0v) is 30.6. The lowest BCUT2D eigenvalue weighted by molar-refractivity contribution is 0.673. The highest BCUT2D eigenvalue weighted by Crippen LogP contribution is 2.44. The van der Waals surface area contributed by atoms with Crippen molar-refractivity contribution in [1.82, 2.24) is 0 Å². The fourth-order valence-corrected chi connectivity index (χ4v) is 8.54. The van der Waals surface area contributed by atoms with Crippen LogP contribution in [-0.2, 0) is 0 Å². The largest absolute Gasteiger partial charge is 0.455 e. The molecule has 262 valence electrons. The Kier molecular flexibility index (Phi) is 7.53. The van der Waals surface area contributed by atoms with Crippen LogP contribution in [0.2, 0.25) is 0 Å². The van der Waals surface area contributed by atoms with Crippen LogP contribution in [0.15, 0.2) is 217 Å². The van der Waals surface area contributed by atoms with Gasteiger partial charge in [0.05, 0.1) is 5.69 Å². The van der Waals surface area contributed by atoms with E-state index in [4.69, 9.17) is 4.42 Å². The first-order valence-corrected chi connectivity index (χ1v) is 19.2. The standard InChI is InChI=1S/C54H35NO/c1-2-11-36(12-3-1)37-23-29-43(30-24-37)55(51-19-9-8-16-47(51)42-28-33-46-41(35-42)22-21-38-13-4-6-15-45(38)46)44-31-25-40(26-32-44)48-18-10-20-52-53(48)50-34-27-39-14-5-7-17-49(39)54(50)56-52/h1-35H. The lowest BCUT2D eigenvalue weighted by Gasteiger charge is -2.28. The molecule has 0 atom stereocenters. The Bertz CT molecular complexity index is 3230. The third kappa shape index (κ3) is 5.34. The van der Waals surface area contributed by atoms with Gasteiger partial charge < -0.3 is 9.32 Å². The molecule has 0 radical (unpaired) electrons. The van der Waals surface area contributed by atoms with Gasteiger partial charge in [0.25, 0.3) is 0 Å². The van der Waals surface area contributed by atoms with Crippen LogP contribution in [0.5, 0.6) is 0 Å². The predicted octanol–water partition coefficient (Wildman–Crippen LogP) is 15.5. The first-order chi connectivity index (χ1) is 27.8. The van der Waals surface area contributed by atoms with Crippen molar-refractivity contribution in [3.63, 3.8) is 0 Å². The number of anilines is 3. The molecule has 1 aromatic heterocycles. The van der Waals surface area contributed by atoms with Crippen molar-refractivity contribution in [2.24, 2.45) is 0 Å². The summed E-state index contributed by atoms with van der Waals surface area (Å²) in [6, 6.07) is 76.5. The molecular formula is C54H35NO. The molecule has 0 N–H and O–H groups in total. The van der Waals surface area contributed by atoms with Gasteiger partial charge in [-0.3, -0.25) is 0 Å². The van der Waals surface area contributed by atoms with E-state index in [9.17, 15) is 0 Å². The van der Waals surface area contributed by atoms with Crippen LogP contribution < -0.4 is 4.90 Å². The second kappa shape index (κ2) is 13.2. The first-order valence-electron chi connectivity index (χ1n) is 19.2. The van der Waals surface area contributed by atoms with Crippen molar-refractivity contribution in [3.8, 4) is 33.4 Å². The smallest absolute Gasteiger partial charge is 0.143 e. The van der Waals surface area contributed by atoms with Crippen LogP contribution in [0.1, 0.15) is 0 Å². The summed E-state index contributed by atoms with van der Waals surface area (Å²) in [5.74, 6) is 0. The molecule has 2 heteroatoms. The third-order valence-corrected chi connectivity index (χ3v) is 11.3. The average Bonchev–Trinajstić information content (AvgIpc) is 3.67. The molecule has 11 rings (SSSR count). The van der Waals surface area contributed by atoms with Crippen molar-refractivity contribution >= 4 is 71.3 Å². The second-order valence-corrected chi connectivity index (χ2v) is 14.5. The zero-order valence-electron chi connectivity index (χ0n) is 30.6. The van der Waals surface area contributed by atoms with Crippen LogP contribution >= 0.6 is 0 Å². The van der Waals surface area contributed by atoms with Crippen LogP contribution in [-0.4, -0.2) is 0 Å². The summed E-state index contributed by atoms with van der Waals surface area (Å²) in [6.45, 7) is 0. The van der Waals surface area contributed by atoms with E-state index in [1.165, 1.54) is 49.2 Å². The molecule has 11 aromatic rings. The third-order valence-electron chi connectivity index (χ3n) is 11.3. The van der Waals surface area contributed by atoms with Crippen molar-refractivity contribution in [2.75, 3.05) is 4.90 Å². The summed E-state index contributed by atoms with van der Waals surface area (Å²) in [5, 5.41) is 9.62. The number of hydrogen-bond donors (Lipinski definition) is 0. The van der Waals surface area contributed by atoms with Crippen LogP contribution in [0.4, 0.5) is 17.1 Å². The Hall–Kier alpha value is -7.42. The number of hydrogen-bond acceptors (Lipinski definition) is 2. The molecule has 0 aliphatic rings. The molecule has 0 spiro atoms. The zero-order chi connectivity index (χ0) is 37.0. The van der Waals surface area contributed by atoms with E-state index < -0.39 is 0 Å². The van der Waals surface area contributed by atoms with Gasteiger partial charge >= 0.3 is 0 Å². The Morgan fingerprint density at radius 1 is 0.321 bits per heavy atom. The van der Waals surface area contributed by atoms with Gasteiger partial charge in [-0.2, -0.15) is 0 Å². The molecule has 0 aliphatic heterocycles.